The number of likely N-dealkylation sites (tertiary alicyclic amines) is 1. The molecule has 1 fully saturated rings. The highest BCUT2D eigenvalue weighted by molar-refractivity contribution is 8.00. The zero-order valence-corrected chi connectivity index (χ0v) is 11.9. The normalized spacial score (nSPS) is 18.6. The maximum absolute atomic E-state index is 12.1. The number of amides is 2. The van der Waals surface area contributed by atoms with E-state index in [9.17, 15) is 14.4 Å². The van der Waals surface area contributed by atoms with Crippen LogP contribution < -0.4 is 0 Å². The van der Waals surface area contributed by atoms with Gasteiger partial charge in [0.25, 0.3) is 0 Å². The third-order valence-electron chi connectivity index (χ3n) is 3.04. The molecule has 0 unspecified atom stereocenters. The SMILES string of the molecule is CCCN1C(=O)C[C@H](Sc2ccccc2C(=O)O)C1=O. The number of carbonyl (C=O) groups excluding carboxylic acids is 2. The average Bonchev–Trinajstić information content (AvgIpc) is 2.67. The number of aromatic carboxylic acids is 1. The van der Waals surface area contributed by atoms with E-state index in [-0.39, 0.29) is 23.8 Å². The van der Waals surface area contributed by atoms with E-state index in [0.717, 1.165) is 18.2 Å². The van der Waals surface area contributed by atoms with E-state index in [4.69, 9.17) is 5.11 Å². The first kappa shape index (κ1) is 14.6. The minimum atomic E-state index is -1.03. The first-order chi connectivity index (χ1) is 9.54. The Balaban J connectivity index is 2.18. The summed E-state index contributed by atoms with van der Waals surface area (Å²) in [6.07, 6.45) is 0.859. The van der Waals surface area contributed by atoms with Crippen molar-refractivity contribution in [2.75, 3.05) is 6.54 Å². The van der Waals surface area contributed by atoms with Gasteiger partial charge in [-0.1, -0.05) is 19.1 Å². The molecular weight excluding hydrogens is 278 g/mol. The van der Waals surface area contributed by atoms with Gasteiger partial charge in [0.1, 0.15) is 0 Å². The summed E-state index contributed by atoms with van der Waals surface area (Å²) in [4.78, 5) is 36.8. The zero-order valence-electron chi connectivity index (χ0n) is 11.0. The maximum Gasteiger partial charge on any atom is 0.336 e. The number of rotatable bonds is 5. The van der Waals surface area contributed by atoms with Gasteiger partial charge in [-0.05, 0) is 18.6 Å². The zero-order chi connectivity index (χ0) is 14.7. The van der Waals surface area contributed by atoms with Crippen LogP contribution in [0.4, 0.5) is 0 Å². The van der Waals surface area contributed by atoms with Gasteiger partial charge in [0.05, 0.1) is 10.8 Å². The number of carboxylic acid groups (broad SMARTS) is 1. The summed E-state index contributed by atoms with van der Waals surface area (Å²) in [6, 6.07) is 6.52. The fourth-order valence-electron chi connectivity index (χ4n) is 2.10. The van der Waals surface area contributed by atoms with E-state index >= 15 is 0 Å². The van der Waals surface area contributed by atoms with E-state index in [1.807, 2.05) is 6.92 Å². The quantitative estimate of drug-likeness (QED) is 0.841. The van der Waals surface area contributed by atoms with Crippen LogP contribution in [0, 0.1) is 0 Å². The summed E-state index contributed by atoms with van der Waals surface area (Å²) in [5.41, 5.74) is 0.159. The highest BCUT2D eigenvalue weighted by Crippen LogP contribution is 2.33. The molecule has 1 aromatic rings. The monoisotopic (exact) mass is 293 g/mol. The summed E-state index contributed by atoms with van der Waals surface area (Å²) in [5.74, 6) is -1.43. The molecule has 1 aliphatic heterocycles. The Kier molecular flexibility index (Phi) is 4.44. The molecule has 1 atom stereocenters. The minimum Gasteiger partial charge on any atom is -0.478 e. The Hall–Kier alpha value is -1.82. The lowest BCUT2D eigenvalue weighted by Gasteiger charge is -2.13. The Morgan fingerprint density at radius 1 is 1.40 bits per heavy atom. The first-order valence-corrected chi connectivity index (χ1v) is 7.25. The molecule has 0 aliphatic carbocycles. The Labute approximate surface area is 121 Å². The highest BCUT2D eigenvalue weighted by Gasteiger charge is 2.38. The van der Waals surface area contributed by atoms with Gasteiger partial charge >= 0.3 is 5.97 Å². The average molecular weight is 293 g/mol. The molecule has 1 aromatic carbocycles. The van der Waals surface area contributed by atoms with Crippen molar-refractivity contribution in [3.8, 4) is 0 Å². The summed E-state index contributed by atoms with van der Waals surface area (Å²) in [7, 11) is 0. The number of hydrogen-bond acceptors (Lipinski definition) is 4. The Morgan fingerprint density at radius 2 is 2.10 bits per heavy atom. The molecule has 0 saturated carbocycles. The van der Waals surface area contributed by atoms with Gasteiger partial charge in [0, 0.05) is 17.9 Å². The molecule has 2 rings (SSSR count). The second-order valence-corrected chi connectivity index (χ2v) is 5.74. The van der Waals surface area contributed by atoms with Crippen molar-refractivity contribution < 1.29 is 19.5 Å². The maximum atomic E-state index is 12.1. The fraction of sp³-hybridized carbons (Fsp3) is 0.357. The minimum absolute atomic E-state index is 0.136. The predicted octanol–water partition coefficient (Wildman–Crippen LogP) is 2.01. The van der Waals surface area contributed by atoms with Gasteiger partial charge in [-0.25, -0.2) is 4.79 Å². The van der Waals surface area contributed by atoms with Crippen LogP contribution >= 0.6 is 11.8 Å². The van der Waals surface area contributed by atoms with Gasteiger partial charge in [-0.3, -0.25) is 14.5 Å². The number of thioether (sulfide) groups is 1. The Bertz CT molecular complexity index is 558. The van der Waals surface area contributed by atoms with Crippen LogP contribution in [0.1, 0.15) is 30.1 Å². The van der Waals surface area contributed by atoms with Gasteiger partial charge in [-0.15, -0.1) is 11.8 Å². The van der Waals surface area contributed by atoms with Crippen molar-refractivity contribution in [2.24, 2.45) is 0 Å². The van der Waals surface area contributed by atoms with Gasteiger partial charge in [0.15, 0.2) is 0 Å². The van der Waals surface area contributed by atoms with E-state index in [1.54, 1.807) is 18.2 Å². The molecule has 0 radical (unpaired) electrons. The van der Waals surface area contributed by atoms with Crippen molar-refractivity contribution in [1.82, 2.24) is 4.90 Å². The molecule has 0 aromatic heterocycles. The van der Waals surface area contributed by atoms with Crippen LogP contribution in [0.15, 0.2) is 29.2 Å². The molecule has 1 N–H and O–H groups in total. The van der Waals surface area contributed by atoms with E-state index < -0.39 is 11.2 Å². The molecule has 2 amide bonds. The summed E-state index contributed by atoms with van der Waals surface area (Å²) in [6.45, 7) is 2.33. The van der Waals surface area contributed by atoms with Crippen LogP contribution in [0.5, 0.6) is 0 Å². The van der Waals surface area contributed by atoms with E-state index in [2.05, 4.69) is 0 Å². The van der Waals surface area contributed by atoms with Crippen LogP contribution in [0.25, 0.3) is 0 Å². The number of hydrogen-bond donors (Lipinski definition) is 1. The van der Waals surface area contributed by atoms with Crippen LogP contribution in [0.3, 0.4) is 0 Å². The lowest BCUT2D eigenvalue weighted by molar-refractivity contribution is -0.138. The topological polar surface area (TPSA) is 74.7 Å². The van der Waals surface area contributed by atoms with Crippen LogP contribution in [0.2, 0.25) is 0 Å². The molecule has 6 heteroatoms. The molecule has 1 aliphatic rings. The van der Waals surface area contributed by atoms with Crippen molar-refractivity contribution >= 4 is 29.5 Å². The summed E-state index contributed by atoms with van der Waals surface area (Å²) >= 11 is 1.15. The largest absolute Gasteiger partial charge is 0.478 e. The van der Waals surface area contributed by atoms with Gasteiger partial charge in [0.2, 0.25) is 11.8 Å². The van der Waals surface area contributed by atoms with Crippen LogP contribution in [-0.4, -0.2) is 39.6 Å². The summed E-state index contributed by atoms with van der Waals surface area (Å²) in [5, 5.41) is 8.60. The van der Waals surface area contributed by atoms with E-state index in [1.165, 1.54) is 11.0 Å². The molecule has 106 valence electrons. The lowest BCUT2D eigenvalue weighted by Crippen LogP contribution is -2.31. The van der Waals surface area contributed by atoms with Crippen molar-refractivity contribution in [3.63, 3.8) is 0 Å². The second kappa shape index (κ2) is 6.09. The first-order valence-electron chi connectivity index (χ1n) is 6.37. The molecule has 0 spiro atoms. The van der Waals surface area contributed by atoms with Crippen molar-refractivity contribution in [1.29, 1.82) is 0 Å². The van der Waals surface area contributed by atoms with E-state index in [0.29, 0.717) is 11.4 Å². The fourth-order valence-corrected chi connectivity index (χ4v) is 3.30. The van der Waals surface area contributed by atoms with Crippen molar-refractivity contribution in [2.45, 2.75) is 29.9 Å². The molecule has 1 saturated heterocycles. The standard InChI is InChI=1S/C14H15NO4S/c1-2-7-15-12(16)8-11(13(15)17)20-10-6-4-3-5-9(10)14(18)19/h3-6,11H,2,7-8H2,1H3,(H,18,19)/t11-/m0/s1. The third kappa shape index (κ3) is 2.85. The number of imide groups is 1. The third-order valence-corrected chi connectivity index (χ3v) is 4.30. The summed E-state index contributed by atoms with van der Waals surface area (Å²) < 4.78 is 0. The molecular formula is C14H15NO4S. The van der Waals surface area contributed by atoms with Crippen LogP contribution in [-0.2, 0) is 9.59 Å². The number of carbonyl (C=O) groups is 3. The number of nitrogens with zero attached hydrogens (tertiary/aromatic N) is 1. The highest BCUT2D eigenvalue weighted by atomic mass is 32.2. The predicted molar refractivity (Wildman–Crippen MR) is 74.7 cm³/mol. The lowest BCUT2D eigenvalue weighted by atomic mass is 10.2. The Morgan fingerprint density at radius 3 is 2.75 bits per heavy atom. The smallest absolute Gasteiger partial charge is 0.336 e. The molecule has 20 heavy (non-hydrogen) atoms. The number of benzene rings is 1. The van der Waals surface area contributed by atoms with Gasteiger partial charge < -0.3 is 5.11 Å². The molecule has 1 heterocycles. The molecule has 5 nitrogen and oxygen atoms in total. The van der Waals surface area contributed by atoms with Crippen molar-refractivity contribution in [3.05, 3.63) is 29.8 Å². The number of carboxylic acids is 1. The van der Waals surface area contributed by atoms with Gasteiger partial charge in [-0.2, -0.15) is 0 Å². The molecule has 0 bridgehead atoms. The second-order valence-electron chi connectivity index (χ2n) is 4.50.